The Morgan fingerprint density at radius 1 is 1.39 bits per heavy atom. The number of amides is 1. The largest absolute Gasteiger partial charge is 0.497 e. The van der Waals surface area contributed by atoms with Crippen molar-refractivity contribution < 1.29 is 13.9 Å². The maximum absolute atomic E-state index is 11.9. The molecule has 1 heterocycles. The molecule has 1 aromatic heterocycles. The predicted octanol–water partition coefficient (Wildman–Crippen LogP) is 3.35. The number of hydrogen-bond donors (Lipinski definition) is 2. The molecule has 0 bridgehead atoms. The molecule has 0 radical (unpaired) electrons. The number of furan rings is 1. The van der Waals surface area contributed by atoms with Gasteiger partial charge in [-0.1, -0.05) is 0 Å². The second-order valence-electron chi connectivity index (χ2n) is 5.45. The van der Waals surface area contributed by atoms with E-state index < -0.39 is 0 Å². The van der Waals surface area contributed by atoms with Crippen molar-refractivity contribution in [3.8, 4) is 5.75 Å². The Labute approximate surface area is 143 Å². The number of carbonyl (C=O) groups excluding carboxylic acids is 1. The van der Waals surface area contributed by atoms with Crippen LogP contribution in [0, 0.1) is 6.92 Å². The SMILES string of the molecule is CNCCCC(=O)NC(C)c1oc2ccc(OC)cc2c1C.Cl. The van der Waals surface area contributed by atoms with Crippen molar-refractivity contribution >= 4 is 29.3 Å². The molecule has 0 saturated carbocycles. The van der Waals surface area contributed by atoms with Gasteiger partial charge < -0.3 is 19.8 Å². The van der Waals surface area contributed by atoms with E-state index in [1.807, 2.05) is 39.1 Å². The van der Waals surface area contributed by atoms with Crippen LogP contribution in [0.3, 0.4) is 0 Å². The van der Waals surface area contributed by atoms with Crippen molar-refractivity contribution in [3.63, 3.8) is 0 Å². The molecule has 0 saturated heterocycles. The summed E-state index contributed by atoms with van der Waals surface area (Å²) in [5, 5.41) is 7.05. The number of halogens is 1. The van der Waals surface area contributed by atoms with Gasteiger partial charge in [0.1, 0.15) is 17.1 Å². The monoisotopic (exact) mass is 340 g/mol. The standard InChI is InChI=1S/C17H24N2O3.ClH/c1-11-14-10-13(21-4)7-8-15(14)22-17(11)12(2)19-16(20)6-5-9-18-3;/h7-8,10,12,18H,5-6,9H2,1-4H3,(H,19,20);1H. The van der Waals surface area contributed by atoms with Crippen molar-refractivity contribution in [1.82, 2.24) is 10.6 Å². The summed E-state index contributed by atoms with van der Waals surface area (Å²) in [5.41, 5.74) is 1.85. The normalized spacial score (nSPS) is 11.8. The number of nitrogens with one attached hydrogen (secondary N) is 2. The van der Waals surface area contributed by atoms with Crippen LogP contribution >= 0.6 is 12.4 Å². The molecule has 2 aromatic rings. The first-order valence-corrected chi connectivity index (χ1v) is 7.57. The molecular weight excluding hydrogens is 316 g/mol. The van der Waals surface area contributed by atoms with Crippen LogP contribution in [0.25, 0.3) is 11.0 Å². The Hall–Kier alpha value is -1.72. The van der Waals surface area contributed by atoms with Gasteiger partial charge in [-0.15, -0.1) is 12.4 Å². The first-order valence-electron chi connectivity index (χ1n) is 7.57. The molecule has 2 rings (SSSR count). The molecule has 5 nitrogen and oxygen atoms in total. The summed E-state index contributed by atoms with van der Waals surface area (Å²) in [6.07, 6.45) is 1.34. The van der Waals surface area contributed by atoms with Gasteiger partial charge in [0.2, 0.25) is 5.91 Å². The summed E-state index contributed by atoms with van der Waals surface area (Å²) in [6, 6.07) is 5.57. The fraction of sp³-hybridized carbons (Fsp3) is 0.471. The van der Waals surface area contributed by atoms with Gasteiger partial charge >= 0.3 is 0 Å². The molecule has 0 fully saturated rings. The average molecular weight is 341 g/mol. The second-order valence-corrected chi connectivity index (χ2v) is 5.45. The Morgan fingerprint density at radius 2 is 2.13 bits per heavy atom. The summed E-state index contributed by atoms with van der Waals surface area (Å²) in [7, 11) is 3.53. The number of benzene rings is 1. The van der Waals surface area contributed by atoms with Crippen molar-refractivity contribution in [3.05, 3.63) is 29.5 Å². The van der Waals surface area contributed by atoms with Gasteiger partial charge in [-0.3, -0.25) is 4.79 Å². The lowest BCUT2D eigenvalue weighted by Gasteiger charge is -2.12. The van der Waals surface area contributed by atoms with Gasteiger partial charge in [0.15, 0.2) is 0 Å². The third-order valence-corrected chi connectivity index (χ3v) is 3.78. The number of hydrogen-bond acceptors (Lipinski definition) is 4. The molecule has 1 aromatic carbocycles. The Bertz CT molecular complexity index is 655. The van der Waals surface area contributed by atoms with E-state index in [4.69, 9.17) is 9.15 Å². The minimum absolute atomic E-state index is 0. The predicted molar refractivity (Wildman–Crippen MR) is 94.5 cm³/mol. The highest BCUT2D eigenvalue weighted by atomic mass is 35.5. The molecule has 0 aliphatic carbocycles. The topological polar surface area (TPSA) is 63.5 Å². The van der Waals surface area contributed by atoms with E-state index in [0.29, 0.717) is 6.42 Å². The Balaban J connectivity index is 0.00000264. The molecule has 1 amide bonds. The Morgan fingerprint density at radius 3 is 2.78 bits per heavy atom. The third-order valence-electron chi connectivity index (χ3n) is 3.78. The van der Waals surface area contributed by atoms with Crippen LogP contribution in [0.5, 0.6) is 5.75 Å². The van der Waals surface area contributed by atoms with Crippen LogP contribution in [-0.4, -0.2) is 26.6 Å². The van der Waals surface area contributed by atoms with Crippen LogP contribution in [0.4, 0.5) is 0 Å². The van der Waals surface area contributed by atoms with Gasteiger partial charge in [0.25, 0.3) is 0 Å². The van der Waals surface area contributed by atoms with E-state index in [-0.39, 0.29) is 24.4 Å². The van der Waals surface area contributed by atoms with E-state index in [1.54, 1.807) is 7.11 Å². The molecule has 0 aliphatic heterocycles. The summed E-state index contributed by atoms with van der Waals surface area (Å²) < 4.78 is 11.2. The highest BCUT2D eigenvalue weighted by Crippen LogP contribution is 2.31. The number of methoxy groups -OCH3 is 1. The molecule has 128 valence electrons. The minimum atomic E-state index is -0.152. The first kappa shape index (κ1) is 19.3. The van der Waals surface area contributed by atoms with Crippen LogP contribution in [0.2, 0.25) is 0 Å². The summed E-state index contributed by atoms with van der Waals surface area (Å²) in [4.78, 5) is 11.9. The molecule has 0 spiro atoms. The lowest BCUT2D eigenvalue weighted by Crippen LogP contribution is -2.27. The zero-order valence-corrected chi connectivity index (χ0v) is 14.9. The fourth-order valence-corrected chi connectivity index (χ4v) is 2.56. The maximum Gasteiger partial charge on any atom is 0.220 e. The van der Waals surface area contributed by atoms with E-state index in [9.17, 15) is 4.79 Å². The third kappa shape index (κ3) is 4.62. The highest BCUT2D eigenvalue weighted by Gasteiger charge is 2.18. The first-order chi connectivity index (χ1) is 10.6. The quantitative estimate of drug-likeness (QED) is 0.759. The van der Waals surface area contributed by atoms with E-state index in [1.165, 1.54) is 0 Å². The lowest BCUT2D eigenvalue weighted by atomic mass is 10.1. The highest BCUT2D eigenvalue weighted by molar-refractivity contribution is 5.85. The number of aryl methyl sites for hydroxylation is 1. The molecule has 2 N–H and O–H groups in total. The average Bonchev–Trinajstić information content (AvgIpc) is 2.84. The van der Waals surface area contributed by atoms with Crippen molar-refractivity contribution in [2.75, 3.05) is 20.7 Å². The molecule has 1 atom stereocenters. The van der Waals surface area contributed by atoms with Crippen molar-refractivity contribution in [2.45, 2.75) is 32.7 Å². The summed E-state index contributed by atoms with van der Waals surface area (Å²) in [5.74, 6) is 1.64. The van der Waals surface area contributed by atoms with Gasteiger partial charge in [0, 0.05) is 17.4 Å². The van der Waals surface area contributed by atoms with Crippen LogP contribution in [0.1, 0.15) is 37.1 Å². The molecule has 1 unspecified atom stereocenters. The smallest absolute Gasteiger partial charge is 0.220 e. The van der Waals surface area contributed by atoms with Gasteiger partial charge in [-0.05, 0) is 52.1 Å². The molecular formula is C17H25ClN2O3. The lowest BCUT2D eigenvalue weighted by molar-refractivity contribution is -0.121. The van der Waals surface area contributed by atoms with Gasteiger partial charge in [-0.2, -0.15) is 0 Å². The van der Waals surface area contributed by atoms with Crippen molar-refractivity contribution in [1.29, 1.82) is 0 Å². The van der Waals surface area contributed by atoms with Gasteiger partial charge in [-0.25, -0.2) is 0 Å². The van der Waals surface area contributed by atoms with Crippen LogP contribution in [0.15, 0.2) is 22.6 Å². The number of ether oxygens (including phenoxy) is 1. The zero-order valence-electron chi connectivity index (χ0n) is 14.1. The Kier molecular flexibility index (Phi) is 7.39. The summed E-state index contributed by atoms with van der Waals surface area (Å²) >= 11 is 0. The molecule has 6 heteroatoms. The van der Waals surface area contributed by atoms with Crippen molar-refractivity contribution in [2.24, 2.45) is 0 Å². The van der Waals surface area contributed by atoms with Crippen LogP contribution < -0.4 is 15.4 Å². The zero-order chi connectivity index (χ0) is 16.1. The second kappa shape index (κ2) is 8.79. The van der Waals surface area contributed by atoms with E-state index in [0.717, 1.165) is 41.0 Å². The van der Waals surface area contributed by atoms with E-state index in [2.05, 4.69) is 10.6 Å². The number of carbonyl (C=O) groups is 1. The summed E-state index contributed by atoms with van der Waals surface area (Å²) in [6.45, 7) is 4.79. The van der Waals surface area contributed by atoms with Crippen LogP contribution in [-0.2, 0) is 4.79 Å². The molecule has 0 aliphatic rings. The molecule has 23 heavy (non-hydrogen) atoms. The maximum atomic E-state index is 11.9. The minimum Gasteiger partial charge on any atom is -0.497 e. The van der Waals surface area contributed by atoms with E-state index >= 15 is 0 Å². The number of rotatable bonds is 7. The fourth-order valence-electron chi connectivity index (χ4n) is 2.56. The number of fused-ring (bicyclic) bond motifs is 1. The van der Waals surface area contributed by atoms with Gasteiger partial charge in [0.05, 0.1) is 13.2 Å².